The lowest BCUT2D eigenvalue weighted by Gasteiger charge is -2.18. The lowest BCUT2D eigenvalue weighted by atomic mass is 10.1. The van der Waals surface area contributed by atoms with E-state index in [0.717, 1.165) is 5.56 Å². The van der Waals surface area contributed by atoms with Crippen LogP contribution in [0, 0.1) is 0 Å². The standard InChI is InChI=1S/C16H21N3O6/c1-10(14(21)19-12(15(22)23)7-8-13(17)20)18-16(24)25-9-11-5-3-2-4-6-11/h2-6,10,12H,7-9H2,1H3,(H2,17,20)(H,18,24)(H,19,21)(H,22,23)/t10-,12+/m0/s1. The zero-order valence-electron chi connectivity index (χ0n) is 13.7. The van der Waals surface area contributed by atoms with Crippen molar-refractivity contribution in [3.05, 3.63) is 35.9 Å². The molecule has 0 aliphatic rings. The van der Waals surface area contributed by atoms with E-state index in [-0.39, 0.29) is 19.4 Å². The van der Waals surface area contributed by atoms with Crippen molar-refractivity contribution in [2.24, 2.45) is 5.73 Å². The summed E-state index contributed by atoms with van der Waals surface area (Å²) in [5.74, 6) is -2.68. The van der Waals surface area contributed by atoms with Crippen LogP contribution >= 0.6 is 0 Å². The summed E-state index contributed by atoms with van der Waals surface area (Å²) in [5.41, 5.74) is 5.74. The summed E-state index contributed by atoms with van der Waals surface area (Å²) in [7, 11) is 0. The number of hydrogen-bond acceptors (Lipinski definition) is 5. The van der Waals surface area contributed by atoms with E-state index in [4.69, 9.17) is 15.6 Å². The van der Waals surface area contributed by atoms with Gasteiger partial charge in [0, 0.05) is 6.42 Å². The molecule has 5 N–H and O–H groups in total. The third kappa shape index (κ3) is 7.82. The molecule has 9 nitrogen and oxygen atoms in total. The molecule has 25 heavy (non-hydrogen) atoms. The Morgan fingerprint density at radius 1 is 1.16 bits per heavy atom. The van der Waals surface area contributed by atoms with Crippen LogP contribution in [-0.4, -0.2) is 41.1 Å². The summed E-state index contributed by atoms with van der Waals surface area (Å²) in [6, 6.07) is 6.69. The average molecular weight is 351 g/mol. The van der Waals surface area contributed by atoms with Crippen molar-refractivity contribution in [3.63, 3.8) is 0 Å². The molecule has 3 amide bonds. The smallest absolute Gasteiger partial charge is 0.408 e. The first kappa shape index (κ1) is 19.9. The second kappa shape index (κ2) is 9.91. The van der Waals surface area contributed by atoms with Crippen molar-refractivity contribution in [2.75, 3.05) is 0 Å². The fraction of sp³-hybridized carbons (Fsp3) is 0.375. The summed E-state index contributed by atoms with van der Waals surface area (Å²) < 4.78 is 4.97. The number of ether oxygens (including phenoxy) is 1. The molecule has 136 valence electrons. The lowest BCUT2D eigenvalue weighted by Crippen LogP contribution is -2.50. The SMILES string of the molecule is C[C@H](NC(=O)OCc1ccccc1)C(=O)N[C@H](CCC(N)=O)C(=O)O. The Kier molecular flexibility index (Phi) is 7.91. The molecule has 0 unspecified atom stereocenters. The number of carbonyl (C=O) groups excluding carboxylic acids is 3. The molecule has 1 aromatic carbocycles. The number of carboxylic acid groups (broad SMARTS) is 1. The molecular weight excluding hydrogens is 330 g/mol. The molecule has 0 aliphatic carbocycles. The van der Waals surface area contributed by atoms with Crippen LogP contribution in [0.1, 0.15) is 25.3 Å². The van der Waals surface area contributed by atoms with E-state index in [1.54, 1.807) is 24.3 Å². The van der Waals surface area contributed by atoms with Crippen molar-refractivity contribution in [3.8, 4) is 0 Å². The minimum absolute atomic E-state index is 0.0391. The van der Waals surface area contributed by atoms with Gasteiger partial charge in [-0.3, -0.25) is 9.59 Å². The molecule has 0 radical (unpaired) electrons. The van der Waals surface area contributed by atoms with E-state index in [0.29, 0.717) is 0 Å². The molecule has 0 spiro atoms. The number of nitrogens with one attached hydrogen (secondary N) is 2. The number of alkyl carbamates (subject to hydrolysis) is 1. The number of carbonyl (C=O) groups is 4. The van der Waals surface area contributed by atoms with Crippen LogP contribution in [0.15, 0.2) is 30.3 Å². The number of hydrogen-bond donors (Lipinski definition) is 4. The van der Waals surface area contributed by atoms with Gasteiger partial charge in [-0.05, 0) is 18.9 Å². The summed E-state index contributed by atoms with van der Waals surface area (Å²) in [4.78, 5) is 45.4. The largest absolute Gasteiger partial charge is 0.480 e. The van der Waals surface area contributed by atoms with Crippen LogP contribution in [0.25, 0.3) is 0 Å². The maximum atomic E-state index is 12.0. The Labute approximate surface area is 144 Å². The highest BCUT2D eigenvalue weighted by Crippen LogP contribution is 2.01. The third-order valence-corrected chi connectivity index (χ3v) is 3.23. The van der Waals surface area contributed by atoms with Crippen LogP contribution < -0.4 is 16.4 Å². The molecule has 0 heterocycles. The Bertz CT molecular complexity index is 620. The predicted octanol–water partition coefficient (Wildman–Crippen LogP) is 0.136. The van der Waals surface area contributed by atoms with Crippen molar-refractivity contribution < 1.29 is 29.0 Å². The summed E-state index contributed by atoms with van der Waals surface area (Å²) in [6.45, 7) is 1.42. The van der Waals surface area contributed by atoms with Gasteiger partial charge in [-0.1, -0.05) is 30.3 Å². The topological polar surface area (TPSA) is 148 Å². The van der Waals surface area contributed by atoms with Gasteiger partial charge in [0.25, 0.3) is 0 Å². The average Bonchev–Trinajstić information content (AvgIpc) is 2.56. The molecule has 0 aliphatic heterocycles. The Morgan fingerprint density at radius 3 is 2.36 bits per heavy atom. The van der Waals surface area contributed by atoms with Crippen molar-refractivity contribution in [1.82, 2.24) is 10.6 Å². The minimum Gasteiger partial charge on any atom is -0.480 e. The van der Waals surface area contributed by atoms with E-state index in [9.17, 15) is 19.2 Å². The molecule has 0 saturated carbocycles. The number of amides is 3. The molecule has 0 bridgehead atoms. The van der Waals surface area contributed by atoms with Gasteiger partial charge >= 0.3 is 12.1 Å². The van der Waals surface area contributed by atoms with Gasteiger partial charge in [0.15, 0.2) is 0 Å². The first-order valence-electron chi connectivity index (χ1n) is 7.58. The van der Waals surface area contributed by atoms with Crippen molar-refractivity contribution in [2.45, 2.75) is 38.5 Å². The molecule has 0 saturated heterocycles. The van der Waals surface area contributed by atoms with Crippen LogP contribution in [0.4, 0.5) is 4.79 Å². The predicted molar refractivity (Wildman–Crippen MR) is 87.2 cm³/mol. The molecule has 1 rings (SSSR count). The van der Waals surface area contributed by atoms with E-state index < -0.39 is 36.0 Å². The number of benzene rings is 1. The fourth-order valence-corrected chi connectivity index (χ4v) is 1.85. The molecule has 9 heteroatoms. The normalized spacial score (nSPS) is 12.5. The quantitative estimate of drug-likeness (QED) is 0.497. The zero-order chi connectivity index (χ0) is 18.8. The van der Waals surface area contributed by atoms with Gasteiger partial charge in [-0.2, -0.15) is 0 Å². The number of nitrogens with two attached hydrogens (primary N) is 1. The van der Waals surface area contributed by atoms with Crippen LogP contribution in [0.2, 0.25) is 0 Å². The van der Waals surface area contributed by atoms with Gasteiger partial charge in [0.05, 0.1) is 0 Å². The first-order chi connectivity index (χ1) is 11.8. The van der Waals surface area contributed by atoms with Gasteiger partial charge < -0.3 is 26.2 Å². The maximum Gasteiger partial charge on any atom is 0.408 e. The van der Waals surface area contributed by atoms with Gasteiger partial charge in [0.1, 0.15) is 18.7 Å². The summed E-state index contributed by atoms with van der Waals surface area (Å²) in [5, 5.41) is 13.6. The molecule has 0 aromatic heterocycles. The van der Waals surface area contributed by atoms with Gasteiger partial charge in [-0.15, -0.1) is 0 Å². The molecule has 2 atom stereocenters. The molecule has 1 aromatic rings. The highest BCUT2D eigenvalue weighted by Gasteiger charge is 2.24. The second-order valence-electron chi connectivity index (χ2n) is 5.33. The second-order valence-corrected chi connectivity index (χ2v) is 5.33. The van der Waals surface area contributed by atoms with Crippen molar-refractivity contribution in [1.29, 1.82) is 0 Å². The Hall–Kier alpha value is -3.10. The number of carboxylic acids is 1. The number of rotatable bonds is 9. The number of primary amides is 1. The third-order valence-electron chi connectivity index (χ3n) is 3.23. The number of aliphatic carboxylic acids is 1. The van der Waals surface area contributed by atoms with Gasteiger partial charge in [0.2, 0.25) is 11.8 Å². The van der Waals surface area contributed by atoms with E-state index >= 15 is 0 Å². The zero-order valence-corrected chi connectivity index (χ0v) is 13.7. The fourth-order valence-electron chi connectivity index (χ4n) is 1.85. The first-order valence-corrected chi connectivity index (χ1v) is 7.58. The van der Waals surface area contributed by atoms with E-state index in [2.05, 4.69) is 10.6 Å². The van der Waals surface area contributed by atoms with Crippen LogP contribution in [-0.2, 0) is 25.7 Å². The monoisotopic (exact) mass is 351 g/mol. The van der Waals surface area contributed by atoms with Crippen molar-refractivity contribution >= 4 is 23.9 Å². The van der Waals surface area contributed by atoms with Crippen LogP contribution in [0.3, 0.4) is 0 Å². The summed E-state index contributed by atoms with van der Waals surface area (Å²) in [6.07, 6.45) is -1.13. The lowest BCUT2D eigenvalue weighted by molar-refractivity contribution is -0.142. The van der Waals surface area contributed by atoms with E-state index in [1.807, 2.05) is 6.07 Å². The van der Waals surface area contributed by atoms with E-state index in [1.165, 1.54) is 6.92 Å². The Balaban J connectivity index is 2.44. The van der Waals surface area contributed by atoms with Crippen LogP contribution in [0.5, 0.6) is 0 Å². The minimum atomic E-state index is -1.30. The molecular formula is C16H21N3O6. The molecule has 0 fully saturated rings. The van der Waals surface area contributed by atoms with Gasteiger partial charge in [-0.25, -0.2) is 9.59 Å². The Morgan fingerprint density at radius 2 is 1.80 bits per heavy atom. The summed E-state index contributed by atoms with van der Waals surface area (Å²) >= 11 is 0. The highest BCUT2D eigenvalue weighted by molar-refractivity contribution is 5.89. The highest BCUT2D eigenvalue weighted by atomic mass is 16.5. The maximum absolute atomic E-state index is 12.0.